The number of hydrogen-bond donors (Lipinski definition) is 2. The van der Waals surface area contributed by atoms with Gasteiger partial charge in [-0.1, -0.05) is 25.1 Å². The lowest BCUT2D eigenvalue weighted by Gasteiger charge is -2.44. The Hall–Kier alpha value is -2.35. The fourth-order valence-electron chi connectivity index (χ4n) is 5.30. The third-order valence-electron chi connectivity index (χ3n) is 7.24. The van der Waals surface area contributed by atoms with E-state index in [-0.39, 0.29) is 11.6 Å². The first kappa shape index (κ1) is 26.7. The van der Waals surface area contributed by atoms with E-state index in [0.717, 1.165) is 80.1 Å². The van der Waals surface area contributed by atoms with Crippen molar-refractivity contribution in [2.75, 3.05) is 51.3 Å². The maximum absolute atomic E-state index is 6.41. The molecular weight excluding hydrogens is 470 g/mol. The molecule has 0 amide bonds. The van der Waals surface area contributed by atoms with E-state index in [9.17, 15) is 0 Å². The Kier molecular flexibility index (Phi) is 8.75. The minimum absolute atomic E-state index is 0.0821. The highest BCUT2D eigenvalue weighted by atomic mass is 32.1. The van der Waals surface area contributed by atoms with Crippen LogP contribution in [0.2, 0.25) is 0 Å². The minimum atomic E-state index is -0.304. The Morgan fingerprint density at radius 2 is 1.97 bits per heavy atom. The van der Waals surface area contributed by atoms with E-state index >= 15 is 0 Å². The number of anilines is 1. The Morgan fingerprint density at radius 1 is 1.19 bits per heavy atom. The van der Waals surface area contributed by atoms with Gasteiger partial charge in [-0.3, -0.25) is 0 Å². The number of fused-ring (bicyclic) bond motifs is 1. The third-order valence-corrected chi connectivity index (χ3v) is 7.57. The van der Waals surface area contributed by atoms with Gasteiger partial charge in [-0.2, -0.15) is 0 Å². The number of nitrogens with zero attached hydrogens (tertiary/aromatic N) is 1. The molecule has 7 heteroatoms. The van der Waals surface area contributed by atoms with Crippen LogP contribution in [-0.4, -0.2) is 61.6 Å². The van der Waals surface area contributed by atoms with E-state index in [2.05, 4.69) is 62.2 Å². The first-order chi connectivity index (χ1) is 17.3. The molecule has 4 rings (SSSR count). The van der Waals surface area contributed by atoms with Crippen LogP contribution in [0.1, 0.15) is 56.8 Å². The summed E-state index contributed by atoms with van der Waals surface area (Å²) in [5.41, 5.74) is 4.45. The van der Waals surface area contributed by atoms with Gasteiger partial charge in [0.25, 0.3) is 0 Å². The molecule has 0 radical (unpaired) electrons. The highest BCUT2D eigenvalue weighted by Gasteiger charge is 2.38. The zero-order chi connectivity index (χ0) is 25.7. The van der Waals surface area contributed by atoms with Gasteiger partial charge in [0, 0.05) is 17.7 Å². The minimum Gasteiger partial charge on any atom is -0.494 e. The molecule has 2 aliphatic heterocycles. The molecule has 0 aromatic heterocycles. The van der Waals surface area contributed by atoms with Gasteiger partial charge in [0.2, 0.25) is 0 Å². The first-order valence-electron chi connectivity index (χ1n) is 13.3. The van der Waals surface area contributed by atoms with Crippen molar-refractivity contribution in [3.8, 4) is 11.5 Å². The number of benzene rings is 2. The summed E-state index contributed by atoms with van der Waals surface area (Å²) in [5, 5.41) is 4.43. The molecule has 1 atom stereocenters. The number of nitrogens with one attached hydrogen (secondary N) is 2. The molecule has 1 unspecified atom stereocenters. The average molecular weight is 513 g/mol. The van der Waals surface area contributed by atoms with Crippen molar-refractivity contribution in [2.24, 2.45) is 0 Å². The summed E-state index contributed by atoms with van der Waals surface area (Å²) in [4.78, 5) is 3.96. The molecule has 2 aromatic carbocycles. The third kappa shape index (κ3) is 6.31. The molecule has 2 aromatic rings. The second-order valence-electron chi connectivity index (χ2n) is 10.4. The molecule has 196 valence electrons. The molecule has 1 saturated heterocycles. The van der Waals surface area contributed by atoms with Crippen LogP contribution in [0.5, 0.6) is 11.5 Å². The largest absolute Gasteiger partial charge is 0.494 e. The fraction of sp³-hybridized carbons (Fsp3) is 0.552. The highest BCUT2D eigenvalue weighted by molar-refractivity contribution is 7.80. The topological polar surface area (TPSA) is 47.4 Å². The molecule has 36 heavy (non-hydrogen) atoms. The summed E-state index contributed by atoms with van der Waals surface area (Å²) in [5.74, 6) is 1.78. The highest BCUT2D eigenvalue weighted by Crippen LogP contribution is 2.44. The van der Waals surface area contributed by atoms with E-state index in [1.54, 1.807) is 4.90 Å². The van der Waals surface area contributed by atoms with Crippen molar-refractivity contribution >= 4 is 23.0 Å². The molecule has 2 heterocycles. The van der Waals surface area contributed by atoms with Crippen LogP contribution in [0, 0.1) is 6.92 Å². The lowest BCUT2D eigenvalue weighted by Crippen LogP contribution is -3.14. The average Bonchev–Trinajstić information content (AvgIpc) is 2.86. The van der Waals surface area contributed by atoms with Gasteiger partial charge in [0.05, 0.1) is 39.0 Å². The van der Waals surface area contributed by atoms with Gasteiger partial charge in [-0.15, -0.1) is 0 Å². The van der Waals surface area contributed by atoms with Crippen molar-refractivity contribution in [3.63, 3.8) is 0 Å². The first-order valence-corrected chi connectivity index (χ1v) is 13.7. The van der Waals surface area contributed by atoms with Crippen LogP contribution in [-0.2, 0) is 11.2 Å². The lowest BCUT2D eigenvalue weighted by molar-refractivity contribution is -0.907. The Balaban J connectivity index is 1.68. The van der Waals surface area contributed by atoms with E-state index in [1.807, 2.05) is 19.1 Å². The number of rotatable bonds is 8. The maximum atomic E-state index is 6.41. The second kappa shape index (κ2) is 11.8. The summed E-state index contributed by atoms with van der Waals surface area (Å²) in [7, 11) is 0. The van der Waals surface area contributed by atoms with Gasteiger partial charge >= 0.3 is 0 Å². The van der Waals surface area contributed by atoms with Crippen LogP contribution < -0.4 is 19.7 Å². The zero-order valence-corrected chi connectivity index (χ0v) is 23.3. The second-order valence-corrected chi connectivity index (χ2v) is 10.8. The van der Waals surface area contributed by atoms with E-state index < -0.39 is 0 Å². The van der Waals surface area contributed by atoms with Crippen LogP contribution in [0.25, 0.3) is 0 Å². The molecule has 2 aliphatic rings. The number of ether oxygens (including phenoxy) is 3. The van der Waals surface area contributed by atoms with Gasteiger partial charge in [0.15, 0.2) is 5.11 Å². The number of thiocarbonyl (C=S) groups is 1. The lowest BCUT2D eigenvalue weighted by atomic mass is 9.88. The molecule has 6 nitrogen and oxygen atoms in total. The van der Waals surface area contributed by atoms with E-state index in [4.69, 9.17) is 26.4 Å². The summed E-state index contributed by atoms with van der Waals surface area (Å²) < 4.78 is 17.9. The molecule has 0 aliphatic carbocycles. The summed E-state index contributed by atoms with van der Waals surface area (Å²) in [6, 6.07) is 12.7. The Labute approximate surface area is 221 Å². The van der Waals surface area contributed by atoms with Crippen LogP contribution in [0.3, 0.4) is 0 Å². The normalized spacial score (nSPS) is 19.2. The van der Waals surface area contributed by atoms with Crippen LogP contribution in [0.15, 0.2) is 36.4 Å². The van der Waals surface area contributed by atoms with Gasteiger partial charge in [-0.25, -0.2) is 0 Å². The van der Waals surface area contributed by atoms with E-state index in [1.165, 1.54) is 11.1 Å². The zero-order valence-electron chi connectivity index (χ0n) is 22.5. The van der Waals surface area contributed by atoms with E-state index in [0.29, 0.717) is 6.61 Å². The van der Waals surface area contributed by atoms with Crippen molar-refractivity contribution in [1.29, 1.82) is 0 Å². The number of para-hydroxylation sites is 1. The number of morpholine rings is 1. The van der Waals surface area contributed by atoms with Gasteiger partial charge < -0.3 is 29.3 Å². The number of hydrogen-bond acceptors (Lipinski definition) is 4. The summed E-state index contributed by atoms with van der Waals surface area (Å²) in [6.07, 6.45) is 1.79. The van der Waals surface area contributed by atoms with Crippen molar-refractivity contribution < 1.29 is 19.1 Å². The van der Waals surface area contributed by atoms with Crippen molar-refractivity contribution in [2.45, 2.75) is 59.1 Å². The quantitative estimate of drug-likeness (QED) is 0.518. The molecule has 0 bridgehead atoms. The molecule has 1 fully saturated rings. The van der Waals surface area contributed by atoms with Gasteiger partial charge in [0.1, 0.15) is 30.2 Å². The van der Waals surface area contributed by atoms with Crippen LogP contribution >= 0.6 is 12.2 Å². The van der Waals surface area contributed by atoms with Crippen LogP contribution in [0.4, 0.5) is 5.69 Å². The Bertz CT molecular complexity index is 1050. The summed E-state index contributed by atoms with van der Waals surface area (Å²) >= 11 is 6.17. The standard InChI is InChI=1S/C29H41N3O3S/c1-6-22-10-8-9-21(3)27(22)30-28(36)32(14-13-31-15-17-33-18-16-31)25-20-29(4,5)35-26-12-11-23(34-7-2)19-24(25)26/h8-12,19,25H,6-7,13-18,20H2,1-5H3,(H,30,36)/p+1. The number of quaternary nitrogens is 1. The van der Waals surface area contributed by atoms with Crippen molar-refractivity contribution in [1.82, 2.24) is 4.90 Å². The predicted molar refractivity (Wildman–Crippen MR) is 150 cm³/mol. The molecule has 0 saturated carbocycles. The molecular formula is C29H42N3O3S+. The fourth-order valence-corrected chi connectivity index (χ4v) is 5.62. The molecule has 2 N–H and O–H groups in total. The Morgan fingerprint density at radius 3 is 2.69 bits per heavy atom. The van der Waals surface area contributed by atoms with Gasteiger partial charge in [-0.05, 0) is 75.7 Å². The maximum Gasteiger partial charge on any atom is 0.174 e. The monoisotopic (exact) mass is 512 g/mol. The SMILES string of the molecule is CCOc1ccc2c(c1)C(N(CC[NH+]1CCOCC1)C(=S)Nc1c(C)cccc1CC)CC(C)(C)O2. The smallest absolute Gasteiger partial charge is 0.174 e. The molecule has 0 spiro atoms. The summed E-state index contributed by atoms with van der Waals surface area (Å²) in [6.45, 7) is 16.9. The number of aryl methyl sites for hydroxylation is 2. The van der Waals surface area contributed by atoms with Crippen molar-refractivity contribution in [3.05, 3.63) is 53.1 Å². The predicted octanol–water partition coefficient (Wildman–Crippen LogP) is 4.17.